The van der Waals surface area contributed by atoms with Gasteiger partial charge in [0.1, 0.15) is 11.3 Å². The average Bonchev–Trinajstić information content (AvgIpc) is 2.14. The minimum absolute atomic E-state index is 0.0959. The molecule has 1 amide bonds. The number of primary amides is 1. The third kappa shape index (κ3) is 2.74. The van der Waals surface area contributed by atoms with Gasteiger partial charge in [-0.3, -0.25) is 9.59 Å². The van der Waals surface area contributed by atoms with Gasteiger partial charge in [0.25, 0.3) is 0 Å². The van der Waals surface area contributed by atoms with Crippen molar-refractivity contribution in [3.63, 3.8) is 0 Å². The van der Waals surface area contributed by atoms with Gasteiger partial charge in [-0.1, -0.05) is 6.07 Å². The molecule has 0 radical (unpaired) electrons. The number of halogens is 3. The summed E-state index contributed by atoms with van der Waals surface area (Å²) < 4.78 is 37.9. The van der Waals surface area contributed by atoms with Crippen LogP contribution in [0.5, 0.6) is 5.75 Å². The lowest BCUT2D eigenvalue weighted by atomic mass is 9.99. The summed E-state index contributed by atoms with van der Waals surface area (Å²) in [4.78, 5) is 21.0. The zero-order valence-corrected chi connectivity index (χ0v) is 8.41. The van der Waals surface area contributed by atoms with Crippen LogP contribution in [0.25, 0.3) is 0 Å². The van der Waals surface area contributed by atoms with E-state index in [0.717, 1.165) is 12.1 Å². The summed E-state index contributed by atoms with van der Waals surface area (Å²) in [5, 5.41) is 9.31. The lowest BCUT2D eigenvalue weighted by Gasteiger charge is -2.14. The van der Waals surface area contributed by atoms with E-state index in [0.29, 0.717) is 0 Å². The lowest BCUT2D eigenvalue weighted by Crippen LogP contribution is -2.18. The molecule has 0 saturated carbocycles. The molecule has 0 heterocycles. The van der Waals surface area contributed by atoms with Crippen LogP contribution in [0.2, 0.25) is 0 Å². The van der Waals surface area contributed by atoms with Gasteiger partial charge >= 0.3 is 6.18 Å². The fraction of sp³-hybridized carbons (Fsp3) is 0.200. The van der Waals surface area contributed by atoms with Gasteiger partial charge in [0, 0.05) is 0 Å². The molecule has 3 N–H and O–H groups in total. The highest BCUT2D eigenvalue weighted by molar-refractivity contribution is 5.82. The zero-order valence-electron chi connectivity index (χ0n) is 8.41. The van der Waals surface area contributed by atoms with Crippen molar-refractivity contribution in [2.75, 3.05) is 0 Å². The summed E-state index contributed by atoms with van der Waals surface area (Å²) in [6, 6.07) is 1.94. The molecule has 1 rings (SSSR count). The Kier molecular flexibility index (Phi) is 3.40. The van der Waals surface area contributed by atoms with Gasteiger partial charge in [-0.15, -0.1) is 0 Å². The first-order valence-corrected chi connectivity index (χ1v) is 4.43. The molecule has 0 unspecified atom stereocenters. The van der Waals surface area contributed by atoms with Crippen molar-refractivity contribution in [3.8, 4) is 5.75 Å². The number of benzene rings is 1. The molecule has 0 bridgehead atoms. The minimum atomic E-state index is -4.87. The van der Waals surface area contributed by atoms with Crippen LogP contribution in [0.1, 0.15) is 21.5 Å². The van der Waals surface area contributed by atoms with Crippen LogP contribution in [-0.2, 0) is 17.4 Å². The fourth-order valence-electron chi connectivity index (χ4n) is 1.40. The predicted octanol–water partition coefficient (Wildman–Crippen LogP) is 1.25. The summed E-state index contributed by atoms with van der Waals surface area (Å²) in [5.74, 6) is -2.15. The molecule has 92 valence electrons. The Morgan fingerprint density at radius 2 is 2.00 bits per heavy atom. The maximum atomic E-state index is 12.6. The van der Waals surface area contributed by atoms with Crippen LogP contribution in [0.4, 0.5) is 13.2 Å². The molecule has 0 spiro atoms. The maximum Gasteiger partial charge on any atom is 0.420 e. The van der Waals surface area contributed by atoms with Gasteiger partial charge in [-0.2, -0.15) is 13.2 Å². The normalized spacial score (nSPS) is 11.2. The standard InChI is InChI=1S/C10H8F3NO3/c11-10(12,13)8-5(3-7(14)16)1-2-6(4-15)9(8)17/h1-2,4,17H,3H2,(H2,14,16). The zero-order chi connectivity index (χ0) is 13.2. The van der Waals surface area contributed by atoms with E-state index in [4.69, 9.17) is 5.73 Å². The summed E-state index contributed by atoms with van der Waals surface area (Å²) >= 11 is 0. The summed E-state index contributed by atoms with van der Waals surface area (Å²) in [6.07, 6.45) is -5.44. The molecule has 0 saturated heterocycles. The smallest absolute Gasteiger partial charge is 0.420 e. The molecule has 0 aliphatic rings. The van der Waals surface area contributed by atoms with E-state index in [1.807, 2.05) is 0 Å². The molecule has 17 heavy (non-hydrogen) atoms. The third-order valence-electron chi connectivity index (χ3n) is 2.07. The number of hydrogen-bond acceptors (Lipinski definition) is 3. The second kappa shape index (κ2) is 4.44. The molecule has 7 heteroatoms. The van der Waals surface area contributed by atoms with Gasteiger partial charge in [0.15, 0.2) is 6.29 Å². The van der Waals surface area contributed by atoms with Crippen molar-refractivity contribution in [3.05, 3.63) is 28.8 Å². The van der Waals surface area contributed by atoms with E-state index >= 15 is 0 Å². The van der Waals surface area contributed by atoms with Crippen LogP contribution >= 0.6 is 0 Å². The van der Waals surface area contributed by atoms with Gasteiger partial charge in [-0.05, 0) is 11.6 Å². The van der Waals surface area contributed by atoms with Crippen molar-refractivity contribution >= 4 is 12.2 Å². The van der Waals surface area contributed by atoms with Crippen LogP contribution in [-0.4, -0.2) is 17.3 Å². The number of aldehydes is 1. The van der Waals surface area contributed by atoms with Crippen LogP contribution in [0, 0.1) is 0 Å². The minimum Gasteiger partial charge on any atom is -0.507 e. The second-order valence-electron chi connectivity index (χ2n) is 3.30. The van der Waals surface area contributed by atoms with Crippen molar-refractivity contribution in [2.45, 2.75) is 12.6 Å². The Bertz CT molecular complexity index is 469. The number of alkyl halides is 3. The first kappa shape index (κ1) is 13.0. The van der Waals surface area contributed by atoms with E-state index < -0.39 is 40.9 Å². The number of nitrogens with two attached hydrogens (primary N) is 1. The average molecular weight is 247 g/mol. The van der Waals surface area contributed by atoms with Gasteiger partial charge in [-0.25, -0.2) is 0 Å². The van der Waals surface area contributed by atoms with Crippen LogP contribution in [0.15, 0.2) is 12.1 Å². The highest BCUT2D eigenvalue weighted by Gasteiger charge is 2.37. The number of phenolic OH excluding ortho intramolecular Hbond substituents is 1. The Labute approximate surface area is 93.8 Å². The maximum absolute atomic E-state index is 12.6. The van der Waals surface area contributed by atoms with E-state index in [2.05, 4.69) is 0 Å². The topological polar surface area (TPSA) is 80.4 Å². The predicted molar refractivity (Wildman–Crippen MR) is 51.4 cm³/mol. The van der Waals surface area contributed by atoms with Crippen molar-refractivity contribution in [1.82, 2.24) is 0 Å². The first-order valence-electron chi connectivity index (χ1n) is 4.43. The van der Waals surface area contributed by atoms with Gasteiger partial charge in [0.05, 0.1) is 12.0 Å². The van der Waals surface area contributed by atoms with E-state index in [9.17, 15) is 27.9 Å². The molecule has 0 aliphatic heterocycles. The number of rotatable bonds is 3. The number of phenols is 1. The second-order valence-corrected chi connectivity index (χ2v) is 3.30. The number of carbonyl (C=O) groups is 2. The number of hydrogen-bond donors (Lipinski definition) is 2. The number of amides is 1. The number of aromatic hydroxyl groups is 1. The largest absolute Gasteiger partial charge is 0.507 e. The highest BCUT2D eigenvalue weighted by Crippen LogP contribution is 2.39. The van der Waals surface area contributed by atoms with Crippen molar-refractivity contribution in [1.29, 1.82) is 0 Å². The molecule has 1 aromatic carbocycles. The highest BCUT2D eigenvalue weighted by atomic mass is 19.4. The molecular weight excluding hydrogens is 239 g/mol. The molecule has 0 atom stereocenters. The molecule has 0 fully saturated rings. The summed E-state index contributed by atoms with van der Waals surface area (Å²) in [6.45, 7) is 0. The molecule has 0 aliphatic carbocycles. The van der Waals surface area contributed by atoms with Crippen molar-refractivity contribution < 1.29 is 27.9 Å². The molecular formula is C10H8F3NO3. The quantitative estimate of drug-likeness (QED) is 0.789. The molecule has 0 aromatic heterocycles. The monoisotopic (exact) mass is 247 g/mol. The fourth-order valence-corrected chi connectivity index (χ4v) is 1.40. The summed E-state index contributed by atoms with van der Waals surface area (Å²) in [7, 11) is 0. The van der Waals surface area contributed by atoms with E-state index in [1.165, 1.54) is 0 Å². The Hall–Kier alpha value is -2.05. The van der Waals surface area contributed by atoms with Gasteiger partial charge < -0.3 is 10.8 Å². The third-order valence-corrected chi connectivity index (χ3v) is 2.07. The first-order chi connectivity index (χ1) is 7.77. The van der Waals surface area contributed by atoms with E-state index in [-0.39, 0.29) is 6.29 Å². The Morgan fingerprint density at radius 1 is 1.41 bits per heavy atom. The molecule has 1 aromatic rings. The Morgan fingerprint density at radius 3 is 2.41 bits per heavy atom. The SMILES string of the molecule is NC(=O)Cc1ccc(C=O)c(O)c1C(F)(F)F. The van der Waals surface area contributed by atoms with Gasteiger partial charge in [0.2, 0.25) is 5.91 Å². The molecule has 4 nitrogen and oxygen atoms in total. The Balaban J connectivity index is 3.46. The lowest BCUT2D eigenvalue weighted by molar-refractivity contribution is -0.139. The van der Waals surface area contributed by atoms with Crippen molar-refractivity contribution in [2.24, 2.45) is 5.73 Å². The summed E-state index contributed by atoms with van der Waals surface area (Å²) in [5.41, 5.74) is 2.44. The van der Waals surface area contributed by atoms with E-state index in [1.54, 1.807) is 0 Å². The number of carbonyl (C=O) groups excluding carboxylic acids is 2. The van der Waals surface area contributed by atoms with Crippen LogP contribution in [0.3, 0.4) is 0 Å². The van der Waals surface area contributed by atoms with Crippen LogP contribution < -0.4 is 5.73 Å².